The molecule has 2 unspecified atom stereocenters. The van der Waals surface area contributed by atoms with E-state index < -0.39 is 11.9 Å². The first-order valence-corrected chi connectivity index (χ1v) is 16.3. The minimum Gasteiger partial charge on any atom is -0.506 e. The number of phenolic OH excluding ortho intramolecular Hbond substituents is 1. The number of anilines is 1. The van der Waals surface area contributed by atoms with Crippen molar-refractivity contribution in [2.45, 2.75) is 50.5 Å². The van der Waals surface area contributed by atoms with Crippen molar-refractivity contribution in [1.82, 2.24) is 0 Å². The van der Waals surface area contributed by atoms with Crippen LogP contribution in [0.3, 0.4) is 0 Å². The summed E-state index contributed by atoms with van der Waals surface area (Å²) in [6.07, 6.45) is 3.02. The van der Waals surface area contributed by atoms with Crippen LogP contribution in [0.1, 0.15) is 79.6 Å². The van der Waals surface area contributed by atoms with Crippen molar-refractivity contribution in [2.24, 2.45) is 5.73 Å². The number of carboxylic acid groups (broad SMARTS) is 1. The highest BCUT2D eigenvalue weighted by molar-refractivity contribution is 6.10. The number of nitrogens with one attached hydrogen (secondary N) is 1. The summed E-state index contributed by atoms with van der Waals surface area (Å²) in [6.45, 7) is 0.427. The molecule has 5 aromatic carbocycles. The molecule has 48 heavy (non-hydrogen) atoms. The molecule has 2 aliphatic carbocycles. The Kier molecular flexibility index (Phi) is 8.38. The van der Waals surface area contributed by atoms with Gasteiger partial charge in [-0.2, -0.15) is 0 Å². The van der Waals surface area contributed by atoms with Crippen molar-refractivity contribution in [1.29, 1.82) is 0 Å². The Bertz CT molecular complexity index is 2070. The number of fused-ring (bicyclic) bond motifs is 5. The molecule has 7 rings (SSSR count). The number of carbonyl (C=O) groups excluding carboxylic acids is 2. The molecule has 240 valence electrons. The summed E-state index contributed by atoms with van der Waals surface area (Å²) in [5.41, 5.74) is 15.6. The van der Waals surface area contributed by atoms with Crippen molar-refractivity contribution in [3.05, 3.63) is 142 Å². The smallest absolute Gasteiger partial charge is 0.303 e. The fourth-order valence-corrected chi connectivity index (χ4v) is 7.52. The van der Waals surface area contributed by atoms with Crippen LogP contribution >= 0.6 is 0 Å². The second kappa shape index (κ2) is 12.9. The molecule has 0 saturated carbocycles. The van der Waals surface area contributed by atoms with Gasteiger partial charge in [-0.25, -0.2) is 0 Å². The van der Waals surface area contributed by atoms with Crippen molar-refractivity contribution in [2.75, 3.05) is 5.32 Å². The average molecular weight is 637 g/mol. The summed E-state index contributed by atoms with van der Waals surface area (Å²) in [7, 11) is 0. The van der Waals surface area contributed by atoms with Crippen molar-refractivity contribution < 1.29 is 24.6 Å². The lowest BCUT2D eigenvalue weighted by atomic mass is 9.69. The molecule has 0 bridgehead atoms. The second-order valence-electron chi connectivity index (χ2n) is 12.7. The lowest BCUT2D eigenvalue weighted by Crippen LogP contribution is -2.25. The van der Waals surface area contributed by atoms with E-state index in [1.807, 2.05) is 60.7 Å². The van der Waals surface area contributed by atoms with Crippen LogP contribution in [-0.4, -0.2) is 27.9 Å². The molecule has 0 fully saturated rings. The number of hydrogen-bond acceptors (Lipinski definition) is 5. The first-order chi connectivity index (χ1) is 23.3. The number of benzene rings is 5. The highest BCUT2D eigenvalue weighted by Gasteiger charge is 2.36. The second-order valence-corrected chi connectivity index (χ2v) is 12.7. The quantitative estimate of drug-likeness (QED) is 0.101. The van der Waals surface area contributed by atoms with Crippen LogP contribution in [0, 0.1) is 0 Å². The predicted octanol–water partition coefficient (Wildman–Crippen LogP) is 7.85. The summed E-state index contributed by atoms with van der Waals surface area (Å²) < 4.78 is 0. The zero-order chi connectivity index (χ0) is 33.4. The molecule has 0 aromatic heterocycles. The van der Waals surface area contributed by atoms with Gasteiger partial charge < -0.3 is 21.3 Å². The highest BCUT2D eigenvalue weighted by Crippen LogP contribution is 2.47. The van der Waals surface area contributed by atoms with E-state index in [1.54, 1.807) is 24.3 Å². The number of phenols is 1. The Morgan fingerprint density at radius 2 is 1.58 bits per heavy atom. The van der Waals surface area contributed by atoms with Crippen LogP contribution in [0.15, 0.2) is 103 Å². The van der Waals surface area contributed by atoms with Crippen LogP contribution in [0.5, 0.6) is 5.75 Å². The van der Waals surface area contributed by atoms with Gasteiger partial charge in [-0.15, -0.1) is 0 Å². The van der Waals surface area contributed by atoms with E-state index in [1.165, 1.54) is 6.07 Å². The van der Waals surface area contributed by atoms with Crippen LogP contribution in [0.25, 0.3) is 22.3 Å². The first kappa shape index (κ1) is 31.1. The van der Waals surface area contributed by atoms with Gasteiger partial charge >= 0.3 is 5.97 Å². The van der Waals surface area contributed by atoms with Gasteiger partial charge in [0.1, 0.15) is 5.75 Å². The van der Waals surface area contributed by atoms with E-state index >= 15 is 0 Å². The minimum absolute atomic E-state index is 0.0626. The molecule has 7 heteroatoms. The zero-order valence-corrected chi connectivity index (χ0v) is 26.4. The van der Waals surface area contributed by atoms with Crippen LogP contribution < -0.4 is 11.1 Å². The Morgan fingerprint density at radius 3 is 2.33 bits per heavy atom. The average Bonchev–Trinajstić information content (AvgIpc) is 3.11. The Morgan fingerprint density at radius 1 is 0.833 bits per heavy atom. The number of carboxylic acids is 1. The molecule has 2 atom stereocenters. The molecule has 0 radical (unpaired) electrons. The Balaban J connectivity index is 1.19. The van der Waals surface area contributed by atoms with E-state index in [2.05, 4.69) is 17.4 Å². The number of aromatic hydroxyl groups is 1. The number of nitrogens with two attached hydrogens (primary N) is 1. The molecule has 5 aromatic rings. The zero-order valence-electron chi connectivity index (χ0n) is 26.4. The first-order valence-electron chi connectivity index (χ1n) is 16.3. The Hall–Kier alpha value is -5.53. The maximum absolute atomic E-state index is 14.4. The summed E-state index contributed by atoms with van der Waals surface area (Å²) in [5.74, 6) is -2.12. The van der Waals surface area contributed by atoms with E-state index in [0.717, 1.165) is 69.3 Å². The molecular weight excluding hydrogens is 600 g/mol. The third-order valence-corrected chi connectivity index (χ3v) is 9.83. The summed E-state index contributed by atoms with van der Waals surface area (Å²) in [6, 6.07) is 31.8. The molecule has 0 spiro atoms. The SMILES string of the molecule is NCc1ccc(-c2ccccc2C(=O)Nc2ccc(C(=O)C3Cc4ccccc4-c4ccc5c(c43)CCCC5CC(=O)O)cc2O)cc1. The Labute approximate surface area is 279 Å². The third kappa shape index (κ3) is 5.78. The number of Topliss-reactive ketones (excluding diaryl/α,β-unsaturated/α-hetero) is 1. The molecule has 7 nitrogen and oxygen atoms in total. The number of ketones is 1. The number of hydrogen-bond donors (Lipinski definition) is 4. The van der Waals surface area contributed by atoms with E-state index in [9.17, 15) is 24.6 Å². The fraction of sp³-hybridized carbons (Fsp3) is 0.195. The number of carbonyl (C=O) groups is 3. The molecule has 1 amide bonds. The lowest BCUT2D eigenvalue weighted by molar-refractivity contribution is -0.137. The van der Waals surface area contributed by atoms with Crippen LogP contribution in [0.2, 0.25) is 0 Å². The monoisotopic (exact) mass is 636 g/mol. The summed E-state index contributed by atoms with van der Waals surface area (Å²) >= 11 is 0. The third-order valence-electron chi connectivity index (χ3n) is 9.83. The highest BCUT2D eigenvalue weighted by atomic mass is 16.4. The summed E-state index contributed by atoms with van der Waals surface area (Å²) in [4.78, 5) is 39.5. The normalized spacial score (nSPS) is 16.3. The van der Waals surface area contributed by atoms with Crippen LogP contribution in [-0.2, 0) is 24.2 Å². The maximum Gasteiger partial charge on any atom is 0.303 e. The van der Waals surface area contributed by atoms with Gasteiger partial charge in [0.15, 0.2) is 5.78 Å². The molecule has 2 aliphatic rings. The van der Waals surface area contributed by atoms with Crippen molar-refractivity contribution in [3.8, 4) is 28.0 Å². The number of rotatable bonds is 8. The maximum atomic E-state index is 14.4. The minimum atomic E-state index is -0.823. The van der Waals surface area contributed by atoms with Gasteiger partial charge in [0.05, 0.1) is 18.0 Å². The van der Waals surface area contributed by atoms with Gasteiger partial charge in [-0.3, -0.25) is 14.4 Å². The van der Waals surface area contributed by atoms with Gasteiger partial charge in [-0.1, -0.05) is 78.9 Å². The standard InChI is InChI=1S/C41H36N2O5/c42-23-24-12-14-25(15-13-24)29-8-3-4-10-34(29)41(48)43-36-19-16-28(21-37(36)44)40(47)35-20-26-6-1-2-9-30(26)33-18-17-31-27(22-38(45)46)7-5-11-32(31)39(33)35/h1-4,6,8-10,12-19,21,27,35,44H,5,7,11,20,22-23,42H2,(H,43,48)(H,45,46). The molecule has 5 N–H and O–H groups in total. The van der Waals surface area contributed by atoms with Gasteiger partial charge in [-0.05, 0) is 106 Å². The molecule has 0 aliphatic heterocycles. The molecule has 0 saturated heterocycles. The number of amides is 1. The van der Waals surface area contributed by atoms with Gasteiger partial charge in [0.25, 0.3) is 5.91 Å². The van der Waals surface area contributed by atoms with Crippen molar-refractivity contribution in [3.63, 3.8) is 0 Å². The van der Waals surface area contributed by atoms with E-state index in [0.29, 0.717) is 24.1 Å². The van der Waals surface area contributed by atoms with Gasteiger partial charge in [0.2, 0.25) is 0 Å². The van der Waals surface area contributed by atoms with E-state index in [-0.39, 0.29) is 35.5 Å². The predicted molar refractivity (Wildman–Crippen MR) is 186 cm³/mol. The fourth-order valence-electron chi connectivity index (χ4n) is 7.52. The molecule has 0 heterocycles. The lowest BCUT2D eigenvalue weighted by Gasteiger charge is -2.34. The topological polar surface area (TPSA) is 130 Å². The summed E-state index contributed by atoms with van der Waals surface area (Å²) in [5, 5.41) is 23.5. The largest absolute Gasteiger partial charge is 0.506 e. The molecular formula is C41H36N2O5. The van der Waals surface area contributed by atoms with Crippen molar-refractivity contribution >= 4 is 23.3 Å². The van der Waals surface area contributed by atoms with Crippen LogP contribution in [0.4, 0.5) is 5.69 Å². The van der Waals surface area contributed by atoms with E-state index in [4.69, 9.17) is 5.73 Å². The number of aliphatic carboxylic acids is 1. The van der Waals surface area contributed by atoms with Gasteiger partial charge in [0, 0.05) is 17.7 Å².